The van der Waals surface area contributed by atoms with Crippen LogP contribution in [0.4, 0.5) is 17.6 Å². The van der Waals surface area contributed by atoms with E-state index in [1.807, 2.05) is 0 Å². The predicted molar refractivity (Wildman–Crippen MR) is 127 cm³/mol. The molecule has 5 atom stereocenters. The molecule has 1 aliphatic rings. The molecule has 15 heteroatoms. The number of ether oxygens (including phenoxy) is 1. The molecule has 1 saturated heterocycles. The van der Waals surface area contributed by atoms with E-state index >= 15 is 0 Å². The molecule has 4 heterocycles. The van der Waals surface area contributed by atoms with Gasteiger partial charge in [-0.2, -0.15) is 27.8 Å². The van der Waals surface area contributed by atoms with Crippen LogP contribution >= 0.6 is 11.6 Å². The van der Waals surface area contributed by atoms with Crippen LogP contribution in [0.5, 0.6) is 0 Å². The zero-order valence-electron chi connectivity index (χ0n) is 20.0. The largest absolute Gasteiger partial charge is 0.418 e. The van der Waals surface area contributed by atoms with Gasteiger partial charge >= 0.3 is 6.18 Å². The number of halogens is 5. The van der Waals surface area contributed by atoms with E-state index in [0.29, 0.717) is 5.56 Å². The predicted octanol–water partition coefficient (Wildman–Crippen LogP) is 3.04. The van der Waals surface area contributed by atoms with Gasteiger partial charge in [0.25, 0.3) is 0 Å². The van der Waals surface area contributed by atoms with Gasteiger partial charge in [0.1, 0.15) is 36.3 Å². The lowest BCUT2D eigenvalue weighted by molar-refractivity contribution is -0.210. The fraction of sp³-hybridized carbons (Fsp3) is 0.333. The van der Waals surface area contributed by atoms with Crippen LogP contribution < -0.4 is 0 Å². The average molecular weight is 569 g/mol. The quantitative estimate of drug-likeness (QED) is 0.247. The standard InChI is InChI=1S/C24H21ClF4N6O4/c1-11-31-23(35(33-11)16-7-13(25)5-6-14(16)24(27,28)29)22-21(38)19(20(37)17(10-36)39-22)34-9-12(8-30-34)15-3-2-4-18(26)32-15/h2-9,17,19-22,36-38H,10H2,1H3/t17?,19?,20-,21-,22+/m0/s1. The summed E-state index contributed by atoms with van der Waals surface area (Å²) in [7, 11) is 0. The third-order valence-electron chi connectivity index (χ3n) is 6.30. The topological polar surface area (TPSA) is 131 Å². The maximum absolute atomic E-state index is 13.9. The molecule has 1 aromatic carbocycles. The van der Waals surface area contributed by atoms with Crippen LogP contribution in [0.15, 0.2) is 48.8 Å². The molecule has 0 saturated carbocycles. The highest BCUT2D eigenvalue weighted by molar-refractivity contribution is 6.30. The van der Waals surface area contributed by atoms with E-state index in [0.717, 1.165) is 22.9 Å². The Labute approximate surface area is 223 Å². The molecule has 0 amide bonds. The monoisotopic (exact) mass is 568 g/mol. The van der Waals surface area contributed by atoms with Gasteiger partial charge in [-0.3, -0.25) is 4.68 Å². The molecule has 0 radical (unpaired) electrons. The molecule has 10 nitrogen and oxygen atoms in total. The first-order chi connectivity index (χ1) is 18.5. The molecule has 1 fully saturated rings. The van der Waals surface area contributed by atoms with E-state index in [2.05, 4.69) is 20.2 Å². The summed E-state index contributed by atoms with van der Waals surface area (Å²) >= 11 is 6.01. The van der Waals surface area contributed by atoms with Gasteiger partial charge in [-0.15, -0.1) is 0 Å². The lowest BCUT2D eigenvalue weighted by Gasteiger charge is -2.42. The van der Waals surface area contributed by atoms with Gasteiger partial charge in [-0.1, -0.05) is 17.7 Å². The van der Waals surface area contributed by atoms with Crippen LogP contribution in [0, 0.1) is 12.9 Å². The number of aliphatic hydroxyl groups is 3. The molecular weight excluding hydrogens is 548 g/mol. The first kappa shape index (κ1) is 27.1. The van der Waals surface area contributed by atoms with Gasteiger partial charge in [-0.25, -0.2) is 14.6 Å². The van der Waals surface area contributed by atoms with Crippen molar-refractivity contribution in [3.63, 3.8) is 0 Å². The average Bonchev–Trinajstić information content (AvgIpc) is 3.51. The molecule has 3 N–H and O–H groups in total. The molecular formula is C24H21ClF4N6O4. The number of hydrogen-bond acceptors (Lipinski definition) is 8. The Morgan fingerprint density at radius 3 is 2.56 bits per heavy atom. The van der Waals surface area contributed by atoms with E-state index in [1.54, 1.807) is 0 Å². The van der Waals surface area contributed by atoms with Crippen LogP contribution in [-0.4, -0.2) is 69.8 Å². The number of rotatable bonds is 5. The minimum atomic E-state index is -4.77. The van der Waals surface area contributed by atoms with Gasteiger partial charge in [0.15, 0.2) is 5.82 Å². The maximum Gasteiger partial charge on any atom is 0.418 e. The van der Waals surface area contributed by atoms with Gasteiger partial charge in [0.05, 0.1) is 29.7 Å². The summed E-state index contributed by atoms with van der Waals surface area (Å²) in [5.41, 5.74) is -0.907. The molecule has 5 rings (SSSR count). The SMILES string of the molecule is Cc1nc([C@@H]2OC(CO)[C@H](O)C(n3cc(-c4cccc(F)n4)cn3)[C@@H]2O)n(-c2cc(Cl)ccc2C(F)(F)F)n1. The number of nitrogens with zero attached hydrogens (tertiary/aromatic N) is 6. The number of aryl methyl sites for hydroxylation is 1. The summed E-state index contributed by atoms with van der Waals surface area (Å²) in [5.74, 6) is -0.876. The molecule has 0 spiro atoms. The van der Waals surface area contributed by atoms with E-state index < -0.39 is 60.4 Å². The number of benzene rings is 1. The summed E-state index contributed by atoms with van der Waals surface area (Å²) in [5, 5.41) is 40.5. The van der Waals surface area contributed by atoms with Crippen molar-refractivity contribution < 1.29 is 37.6 Å². The number of hydrogen-bond donors (Lipinski definition) is 3. The lowest BCUT2D eigenvalue weighted by Crippen LogP contribution is -2.53. The minimum absolute atomic E-state index is 0.00113. The fourth-order valence-electron chi connectivity index (χ4n) is 4.54. The Balaban J connectivity index is 1.58. The second-order valence-electron chi connectivity index (χ2n) is 8.89. The van der Waals surface area contributed by atoms with Crippen molar-refractivity contribution >= 4 is 11.6 Å². The van der Waals surface area contributed by atoms with Crippen LogP contribution in [-0.2, 0) is 10.9 Å². The van der Waals surface area contributed by atoms with Crippen molar-refractivity contribution in [2.24, 2.45) is 0 Å². The fourth-order valence-corrected chi connectivity index (χ4v) is 4.71. The number of alkyl halides is 3. The molecule has 4 aromatic rings. The zero-order valence-corrected chi connectivity index (χ0v) is 20.8. The van der Waals surface area contributed by atoms with Gasteiger partial charge in [0, 0.05) is 16.8 Å². The van der Waals surface area contributed by atoms with Crippen LogP contribution in [0.2, 0.25) is 5.02 Å². The van der Waals surface area contributed by atoms with Crippen molar-refractivity contribution in [1.29, 1.82) is 0 Å². The van der Waals surface area contributed by atoms with E-state index in [4.69, 9.17) is 16.3 Å². The van der Waals surface area contributed by atoms with Crippen molar-refractivity contribution in [1.82, 2.24) is 29.5 Å². The summed E-state index contributed by atoms with van der Waals surface area (Å²) in [6.45, 7) is 0.743. The van der Waals surface area contributed by atoms with Crippen LogP contribution in [0.25, 0.3) is 16.9 Å². The highest BCUT2D eigenvalue weighted by Crippen LogP contribution is 2.41. The van der Waals surface area contributed by atoms with E-state index in [9.17, 15) is 32.9 Å². The summed E-state index contributed by atoms with van der Waals surface area (Å²) < 4.78 is 63.0. The van der Waals surface area contributed by atoms with Crippen LogP contribution in [0.3, 0.4) is 0 Å². The normalized spacial score (nSPS) is 23.8. The molecule has 0 aliphatic carbocycles. The summed E-state index contributed by atoms with van der Waals surface area (Å²) in [6, 6.07) is 5.83. The van der Waals surface area contributed by atoms with Gasteiger partial charge in [0.2, 0.25) is 5.95 Å². The lowest BCUT2D eigenvalue weighted by atomic mass is 9.92. The van der Waals surface area contributed by atoms with E-state index in [-0.39, 0.29) is 22.4 Å². The first-order valence-corrected chi connectivity index (χ1v) is 12.0. The Bertz CT molecular complexity index is 1500. The summed E-state index contributed by atoms with van der Waals surface area (Å²) in [6.07, 6.45) is -7.90. The third kappa shape index (κ3) is 5.13. The molecule has 39 heavy (non-hydrogen) atoms. The Morgan fingerprint density at radius 1 is 1.10 bits per heavy atom. The second kappa shape index (κ2) is 10.3. The number of pyridine rings is 1. The smallest absolute Gasteiger partial charge is 0.394 e. The summed E-state index contributed by atoms with van der Waals surface area (Å²) in [4.78, 5) is 7.99. The van der Waals surface area contributed by atoms with Crippen molar-refractivity contribution in [3.05, 3.63) is 77.0 Å². The number of aromatic nitrogens is 6. The highest BCUT2D eigenvalue weighted by Gasteiger charge is 2.48. The zero-order chi connectivity index (χ0) is 28.1. The maximum atomic E-state index is 13.9. The van der Waals surface area contributed by atoms with E-state index in [1.165, 1.54) is 42.2 Å². The highest BCUT2D eigenvalue weighted by atomic mass is 35.5. The van der Waals surface area contributed by atoms with Crippen molar-refractivity contribution in [2.45, 2.75) is 43.6 Å². The van der Waals surface area contributed by atoms with Crippen LogP contribution in [0.1, 0.15) is 29.4 Å². The Morgan fingerprint density at radius 2 is 1.87 bits per heavy atom. The molecule has 206 valence electrons. The van der Waals surface area contributed by atoms with Gasteiger partial charge in [-0.05, 0) is 37.3 Å². The molecule has 0 bridgehead atoms. The van der Waals surface area contributed by atoms with Gasteiger partial charge < -0.3 is 20.1 Å². The van der Waals surface area contributed by atoms with Crippen molar-refractivity contribution in [3.8, 4) is 16.9 Å². The molecule has 3 aromatic heterocycles. The molecule has 2 unspecified atom stereocenters. The minimum Gasteiger partial charge on any atom is -0.394 e. The second-order valence-corrected chi connectivity index (χ2v) is 9.33. The third-order valence-corrected chi connectivity index (χ3v) is 6.53. The van der Waals surface area contributed by atoms with Crippen molar-refractivity contribution in [2.75, 3.05) is 6.61 Å². The molecule has 1 aliphatic heterocycles. The first-order valence-electron chi connectivity index (χ1n) is 11.6. The Hall–Kier alpha value is -3.43. The Kier molecular flexibility index (Phi) is 7.15. The number of aliphatic hydroxyl groups excluding tert-OH is 3.